The molecule has 4 nitrogen and oxygen atoms in total. The molecular weight excluding hydrogens is 240 g/mol. The van der Waals surface area contributed by atoms with Crippen LogP contribution in [0.25, 0.3) is 0 Å². The minimum Gasteiger partial charge on any atom is -0.462 e. The number of hydrogen-bond acceptors (Lipinski definition) is 4. The molecule has 2 rings (SSSR count). The Balaban J connectivity index is 1.96. The van der Waals surface area contributed by atoms with Crippen molar-refractivity contribution in [2.45, 2.75) is 32.6 Å². The van der Waals surface area contributed by atoms with Crippen LogP contribution >= 0.6 is 0 Å². The summed E-state index contributed by atoms with van der Waals surface area (Å²) in [6.45, 7) is 3.13. The highest BCUT2D eigenvalue weighted by Gasteiger charge is 2.15. The normalized spacial score (nSPS) is 15.4. The van der Waals surface area contributed by atoms with Gasteiger partial charge in [-0.2, -0.15) is 0 Å². The van der Waals surface area contributed by atoms with Gasteiger partial charge in [-0.15, -0.1) is 0 Å². The van der Waals surface area contributed by atoms with E-state index in [2.05, 4.69) is 5.32 Å². The van der Waals surface area contributed by atoms with Crippen molar-refractivity contribution in [1.29, 1.82) is 0 Å². The van der Waals surface area contributed by atoms with Crippen LogP contribution in [-0.4, -0.2) is 19.1 Å². The average molecular weight is 262 g/mol. The van der Waals surface area contributed by atoms with Crippen molar-refractivity contribution in [3.63, 3.8) is 0 Å². The fourth-order valence-corrected chi connectivity index (χ4v) is 2.53. The topological polar surface area (TPSA) is 64.3 Å². The van der Waals surface area contributed by atoms with Crippen LogP contribution in [0, 0.1) is 5.92 Å². The summed E-state index contributed by atoms with van der Waals surface area (Å²) in [6.07, 6.45) is 5.27. The highest BCUT2D eigenvalue weighted by atomic mass is 16.5. The van der Waals surface area contributed by atoms with Gasteiger partial charge in [0.05, 0.1) is 23.5 Å². The number of rotatable bonds is 5. The van der Waals surface area contributed by atoms with Gasteiger partial charge in [-0.25, -0.2) is 4.79 Å². The first-order valence-electron chi connectivity index (χ1n) is 7.01. The number of hydrogen-bond donors (Lipinski definition) is 2. The Hall–Kier alpha value is -1.71. The Labute approximate surface area is 114 Å². The molecule has 3 N–H and O–H groups in total. The van der Waals surface area contributed by atoms with Gasteiger partial charge in [0.15, 0.2) is 0 Å². The van der Waals surface area contributed by atoms with E-state index in [0.717, 1.165) is 18.2 Å². The van der Waals surface area contributed by atoms with Crippen LogP contribution < -0.4 is 11.1 Å². The molecule has 19 heavy (non-hydrogen) atoms. The number of ether oxygens (including phenoxy) is 1. The summed E-state index contributed by atoms with van der Waals surface area (Å²) in [5.74, 6) is 0.431. The number of benzene rings is 1. The first-order chi connectivity index (χ1) is 9.20. The first-order valence-corrected chi connectivity index (χ1v) is 7.01. The van der Waals surface area contributed by atoms with Crippen LogP contribution in [0.15, 0.2) is 18.2 Å². The largest absolute Gasteiger partial charge is 0.462 e. The van der Waals surface area contributed by atoms with E-state index in [9.17, 15) is 4.79 Å². The zero-order valence-corrected chi connectivity index (χ0v) is 11.4. The smallest absolute Gasteiger partial charge is 0.338 e. The van der Waals surface area contributed by atoms with Crippen molar-refractivity contribution >= 4 is 17.3 Å². The van der Waals surface area contributed by atoms with Crippen molar-refractivity contribution in [3.05, 3.63) is 23.8 Å². The molecule has 0 spiro atoms. The van der Waals surface area contributed by atoms with Crippen LogP contribution in [0.3, 0.4) is 0 Å². The second-order valence-electron chi connectivity index (χ2n) is 5.05. The van der Waals surface area contributed by atoms with Crippen LogP contribution in [-0.2, 0) is 4.74 Å². The number of esters is 1. The summed E-state index contributed by atoms with van der Waals surface area (Å²) in [5, 5.41) is 3.38. The first kappa shape index (κ1) is 13.7. The molecule has 1 aliphatic rings. The molecule has 1 fully saturated rings. The number of nitrogens with one attached hydrogen (secondary N) is 1. The predicted molar refractivity (Wildman–Crippen MR) is 77.3 cm³/mol. The molecule has 0 amide bonds. The van der Waals surface area contributed by atoms with Crippen molar-refractivity contribution < 1.29 is 9.53 Å². The molecule has 104 valence electrons. The molecule has 0 radical (unpaired) electrons. The van der Waals surface area contributed by atoms with E-state index < -0.39 is 0 Å². The van der Waals surface area contributed by atoms with Crippen molar-refractivity contribution in [3.8, 4) is 0 Å². The molecule has 1 saturated carbocycles. The summed E-state index contributed by atoms with van der Waals surface area (Å²) >= 11 is 0. The van der Waals surface area contributed by atoms with Gasteiger partial charge in [0.2, 0.25) is 0 Å². The average Bonchev–Trinajstić information content (AvgIpc) is 2.90. The summed E-state index contributed by atoms with van der Waals surface area (Å²) in [7, 11) is 0. The quantitative estimate of drug-likeness (QED) is 0.632. The molecule has 0 atom stereocenters. The van der Waals surface area contributed by atoms with Gasteiger partial charge in [0.25, 0.3) is 0 Å². The summed E-state index contributed by atoms with van der Waals surface area (Å²) in [5.41, 5.74) is 7.98. The zero-order chi connectivity index (χ0) is 13.7. The molecule has 1 aliphatic carbocycles. The monoisotopic (exact) mass is 262 g/mol. The summed E-state index contributed by atoms with van der Waals surface area (Å²) in [6, 6.07) is 5.29. The predicted octanol–water partition coefficient (Wildman–Crippen LogP) is 3.05. The second-order valence-corrected chi connectivity index (χ2v) is 5.05. The molecule has 0 unspecified atom stereocenters. The van der Waals surface area contributed by atoms with Gasteiger partial charge < -0.3 is 15.8 Å². The van der Waals surface area contributed by atoms with Crippen LogP contribution in [0.2, 0.25) is 0 Å². The van der Waals surface area contributed by atoms with Crippen LogP contribution in [0.5, 0.6) is 0 Å². The van der Waals surface area contributed by atoms with Crippen LogP contribution in [0.1, 0.15) is 43.0 Å². The third kappa shape index (κ3) is 3.63. The van der Waals surface area contributed by atoms with E-state index in [-0.39, 0.29) is 5.97 Å². The minimum atomic E-state index is -0.323. The Morgan fingerprint density at radius 2 is 2.16 bits per heavy atom. The highest BCUT2D eigenvalue weighted by molar-refractivity contribution is 5.91. The van der Waals surface area contributed by atoms with Gasteiger partial charge in [-0.3, -0.25) is 0 Å². The number of carbonyl (C=O) groups excluding carboxylic acids is 1. The maximum Gasteiger partial charge on any atom is 0.338 e. The lowest BCUT2D eigenvalue weighted by Gasteiger charge is -2.14. The minimum absolute atomic E-state index is 0.323. The third-order valence-corrected chi connectivity index (χ3v) is 3.62. The highest BCUT2D eigenvalue weighted by Crippen LogP contribution is 2.26. The maximum absolute atomic E-state index is 11.6. The lowest BCUT2D eigenvalue weighted by atomic mass is 10.1. The molecular formula is C15H22N2O2. The molecule has 0 aromatic heterocycles. The molecule has 0 heterocycles. The lowest BCUT2D eigenvalue weighted by molar-refractivity contribution is 0.0526. The number of anilines is 2. The van der Waals surface area contributed by atoms with Crippen molar-refractivity contribution in [2.75, 3.05) is 24.2 Å². The van der Waals surface area contributed by atoms with Gasteiger partial charge in [0, 0.05) is 6.54 Å². The van der Waals surface area contributed by atoms with Crippen molar-refractivity contribution in [1.82, 2.24) is 0 Å². The Bertz CT molecular complexity index is 440. The standard InChI is InChI=1S/C15H22N2O2/c1-2-19-15(18)12-7-8-14(13(16)9-12)17-10-11-5-3-4-6-11/h7-9,11,17H,2-6,10,16H2,1H3. The molecule has 1 aromatic rings. The Kier molecular flexibility index (Phi) is 4.66. The maximum atomic E-state index is 11.6. The van der Waals surface area contributed by atoms with Gasteiger partial charge in [-0.05, 0) is 43.9 Å². The number of nitrogens with two attached hydrogens (primary N) is 1. The molecule has 0 bridgehead atoms. The molecule has 4 heteroatoms. The fourth-order valence-electron chi connectivity index (χ4n) is 2.53. The van der Waals surface area contributed by atoms with E-state index in [1.165, 1.54) is 25.7 Å². The van der Waals surface area contributed by atoms with Gasteiger partial charge >= 0.3 is 5.97 Å². The molecule has 0 saturated heterocycles. The third-order valence-electron chi connectivity index (χ3n) is 3.62. The number of nitrogen functional groups attached to an aromatic ring is 1. The zero-order valence-electron chi connectivity index (χ0n) is 11.4. The van der Waals surface area contributed by atoms with E-state index in [1.807, 2.05) is 6.07 Å². The van der Waals surface area contributed by atoms with Crippen molar-refractivity contribution in [2.24, 2.45) is 5.92 Å². The lowest BCUT2D eigenvalue weighted by Crippen LogP contribution is -2.13. The fraction of sp³-hybridized carbons (Fsp3) is 0.533. The van der Waals surface area contributed by atoms with E-state index in [0.29, 0.717) is 17.9 Å². The molecule has 0 aliphatic heterocycles. The summed E-state index contributed by atoms with van der Waals surface area (Å²) in [4.78, 5) is 11.6. The Morgan fingerprint density at radius 1 is 1.42 bits per heavy atom. The van der Waals surface area contributed by atoms with Gasteiger partial charge in [0.1, 0.15) is 0 Å². The van der Waals surface area contributed by atoms with Crippen LogP contribution in [0.4, 0.5) is 11.4 Å². The SMILES string of the molecule is CCOC(=O)c1ccc(NCC2CCCC2)c(N)c1. The van der Waals surface area contributed by atoms with E-state index >= 15 is 0 Å². The van der Waals surface area contributed by atoms with Gasteiger partial charge in [-0.1, -0.05) is 12.8 Å². The number of carbonyl (C=O) groups is 1. The van der Waals surface area contributed by atoms with E-state index in [4.69, 9.17) is 10.5 Å². The Morgan fingerprint density at radius 3 is 2.79 bits per heavy atom. The summed E-state index contributed by atoms with van der Waals surface area (Å²) < 4.78 is 4.95. The second kappa shape index (κ2) is 6.45. The molecule has 1 aromatic carbocycles. The van der Waals surface area contributed by atoms with E-state index in [1.54, 1.807) is 19.1 Å².